The van der Waals surface area contributed by atoms with Crippen LogP contribution in [0.25, 0.3) is 6.08 Å². The molecule has 15 heavy (non-hydrogen) atoms. The third kappa shape index (κ3) is 4.61. The number of carbonyl (C=O) groups is 2. The summed E-state index contributed by atoms with van der Waals surface area (Å²) in [7, 11) is 0. The van der Waals surface area contributed by atoms with Crippen LogP contribution < -0.4 is 10.9 Å². The van der Waals surface area contributed by atoms with Gasteiger partial charge in [-0.1, -0.05) is 30.3 Å². The second-order valence-electron chi connectivity index (χ2n) is 2.91. The normalized spacial score (nSPS) is 9.93. The van der Waals surface area contributed by atoms with Crippen LogP contribution in [-0.2, 0) is 9.59 Å². The summed E-state index contributed by atoms with van der Waals surface area (Å²) in [6, 6.07) is 9.41. The molecule has 4 nitrogen and oxygen atoms in total. The molecule has 0 aliphatic rings. The molecule has 0 radical (unpaired) electrons. The summed E-state index contributed by atoms with van der Waals surface area (Å²) in [4.78, 5) is 21.6. The van der Waals surface area contributed by atoms with Gasteiger partial charge in [0.1, 0.15) is 0 Å². The van der Waals surface area contributed by atoms with Crippen molar-refractivity contribution in [1.82, 2.24) is 10.9 Å². The van der Waals surface area contributed by atoms with Gasteiger partial charge < -0.3 is 0 Å². The number of nitrogens with one attached hydrogen (secondary N) is 2. The van der Waals surface area contributed by atoms with Gasteiger partial charge in [0.25, 0.3) is 5.91 Å². The Labute approximate surface area is 88.0 Å². The van der Waals surface area contributed by atoms with Crippen molar-refractivity contribution in [3.63, 3.8) is 0 Å². The number of hydrogen-bond donors (Lipinski definition) is 2. The summed E-state index contributed by atoms with van der Waals surface area (Å²) in [5.74, 6) is -0.675. The molecule has 0 bridgehead atoms. The maximum absolute atomic E-state index is 11.1. The van der Waals surface area contributed by atoms with Crippen LogP contribution in [0.2, 0.25) is 0 Å². The van der Waals surface area contributed by atoms with Crippen LogP contribution in [0.3, 0.4) is 0 Å². The molecule has 0 fully saturated rings. The van der Waals surface area contributed by atoms with Gasteiger partial charge in [0.2, 0.25) is 5.91 Å². The highest BCUT2D eigenvalue weighted by molar-refractivity contribution is 5.92. The molecule has 0 aromatic heterocycles. The molecule has 0 atom stereocenters. The van der Waals surface area contributed by atoms with Crippen LogP contribution in [0.4, 0.5) is 0 Å². The summed E-state index contributed by atoms with van der Waals surface area (Å²) in [6.45, 7) is 1.32. The van der Waals surface area contributed by atoms with Crippen LogP contribution in [0.15, 0.2) is 36.4 Å². The van der Waals surface area contributed by atoms with Crippen molar-refractivity contribution in [3.8, 4) is 0 Å². The fraction of sp³-hybridized carbons (Fsp3) is 0.0909. The first-order valence-corrected chi connectivity index (χ1v) is 4.48. The van der Waals surface area contributed by atoms with Crippen molar-refractivity contribution >= 4 is 17.9 Å². The third-order valence-electron chi connectivity index (χ3n) is 1.59. The fourth-order valence-corrected chi connectivity index (χ4v) is 0.927. The van der Waals surface area contributed by atoms with E-state index in [2.05, 4.69) is 10.9 Å². The molecule has 0 saturated carbocycles. The minimum atomic E-state index is -0.367. The van der Waals surface area contributed by atoms with Gasteiger partial charge in [-0.3, -0.25) is 20.4 Å². The zero-order valence-corrected chi connectivity index (χ0v) is 8.36. The van der Waals surface area contributed by atoms with Gasteiger partial charge in [-0.25, -0.2) is 0 Å². The first-order valence-electron chi connectivity index (χ1n) is 4.48. The Kier molecular flexibility index (Phi) is 4.09. The molecule has 0 heterocycles. The molecule has 2 amide bonds. The zero-order valence-electron chi connectivity index (χ0n) is 8.36. The molecule has 0 aliphatic carbocycles. The Morgan fingerprint density at radius 2 is 1.80 bits per heavy atom. The molecule has 0 spiro atoms. The van der Waals surface area contributed by atoms with Crippen molar-refractivity contribution in [3.05, 3.63) is 42.0 Å². The van der Waals surface area contributed by atoms with E-state index < -0.39 is 0 Å². The van der Waals surface area contributed by atoms with Crippen molar-refractivity contribution in [2.75, 3.05) is 0 Å². The molecule has 2 N–H and O–H groups in total. The summed E-state index contributed by atoms with van der Waals surface area (Å²) in [6.07, 6.45) is 3.02. The zero-order chi connectivity index (χ0) is 11.1. The lowest BCUT2D eigenvalue weighted by atomic mass is 10.2. The molecule has 4 heteroatoms. The molecular formula is C11H12N2O2. The second-order valence-corrected chi connectivity index (χ2v) is 2.91. The van der Waals surface area contributed by atoms with Crippen molar-refractivity contribution < 1.29 is 9.59 Å². The number of carbonyl (C=O) groups excluding carboxylic acids is 2. The summed E-state index contributed by atoms with van der Waals surface area (Å²) in [5, 5.41) is 0. The van der Waals surface area contributed by atoms with E-state index in [1.807, 2.05) is 30.3 Å². The van der Waals surface area contributed by atoms with Crippen LogP contribution in [0, 0.1) is 0 Å². The van der Waals surface area contributed by atoms with Crippen molar-refractivity contribution in [1.29, 1.82) is 0 Å². The smallest absolute Gasteiger partial charge is 0.262 e. The van der Waals surface area contributed by atoms with Gasteiger partial charge in [0.05, 0.1) is 0 Å². The Balaban J connectivity index is 2.44. The number of rotatable bonds is 2. The molecule has 1 aromatic rings. The van der Waals surface area contributed by atoms with E-state index in [0.29, 0.717) is 0 Å². The molecule has 1 aromatic carbocycles. The van der Waals surface area contributed by atoms with E-state index in [0.717, 1.165) is 5.56 Å². The Bertz CT molecular complexity index is 371. The van der Waals surface area contributed by atoms with Crippen LogP contribution in [-0.4, -0.2) is 11.8 Å². The van der Waals surface area contributed by atoms with E-state index >= 15 is 0 Å². The van der Waals surface area contributed by atoms with E-state index in [-0.39, 0.29) is 11.8 Å². The lowest BCUT2D eigenvalue weighted by Crippen LogP contribution is -2.39. The van der Waals surface area contributed by atoms with Gasteiger partial charge >= 0.3 is 0 Å². The third-order valence-corrected chi connectivity index (χ3v) is 1.59. The van der Waals surface area contributed by atoms with Gasteiger partial charge in [-0.15, -0.1) is 0 Å². The largest absolute Gasteiger partial charge is 0.274 e. The van der Waals surface area contributed by atoms with Crippen molar-refractivity contribution in [2.24, 2.45) is 0 Å². The predicted molar refractivity (Wildman–Crippen MR) is 57.4 cm³/mol. The first-order chi connectivity index (χ1) is 7.18. The molecule has 0 unspecified atom stereocenters. The van der Waals surface area contributed by atoms with E-state index in [9.17, 15) is 9.59 Å². The quantitative estimate of drug-likeness (QED) is 0.554. The van der Waals surface area contributed by atoms with Gasteiger partial charge in [-0.2, -0.15) is 0 Å². The summed E-state index contributed by atoms with van der Waals surface area (Å²) in [5.41, 5.74) is 5.35. The predicted octanol–water partition coefficient (Wildman–Crippen LogP) is 0.867. The minimum Gasteiger partial charge on any atom is -0.274 e. The molecular weight excluding hydrogens is 192 g/mol. The average molecular weight is 204 g/mol. The maximum atomic E-state index is 11.1. The second kappa shape index (κ2) is 5.59. The Morgan fingerprint density at radius 1 is 1.13 bits per heavy atom. The number of hydrazine groups is 1. The van der Waals surface area contributed by atoms with Gasteiger partial charge in [0.15, 0.2) is 0 Å². The van der Waals surface area contributed by atoms with Crippen LogP contribution >= 0.6 is 0 Å². The minimum absolute atomic E-state index is 0.309. The summed E-state index contributed by atoms with van der Waals surface area (Å²) < 4.78 is 0. The highest BCUT2D eigenvalue weighted by Gasteiger charge is 1.94. The lowest BCUT2D eigenvalue weighted by Gasteiger charge is -2.00. The lowest BCUT2D eigenvalue weighted by molar-refractivity contribution is -0.125. The number of amides is 2. The van der Waals surface area contributed by atoms with Crippen LogP contribution in [0.1, 0.15) is 12.5 Å². The highest BCUT2D eigenvalue weighted by atomic mass is 16.2. The average Bonchev–Trinajstić information content (AvgIpc) is 2.25. The van der Waals surface area contributed by atoms with E-state index in [1.54, 1.807) is 6.08 Å². The number of hydrogen-bond acceptors (Lipinski definition) is 2. The van der Waals surface area contributed by atoms with Crippen LogP contribution in [0.5, 0.6) is 0 Å². The monoisotopic (exact) mass is 204 g/mol. The Morgan fingerprint density at radius 3 is 2.40 bits per heavy atom. The topological polar surface area (TPSA) is 58.2 Å². The van der Waals surface area contributed by atoms with E-state index in [1.165, 1.54) is 13.0 Å². The van der Waals surface area contributed by atoms with Gasteiger partial charge in [0, 0.05) is 13.0 Å². The fourth-order valence-electron chi connectivity index (χ4n) is 0.927. The molecule has 78 valence electrons. The van der Waals surface area contributed by atoms with E-state index in [4.69, 9.17) is 0 Å². The molecule has 0 saturated heterocycles. The first kappa shape index (κ1) is 11.0. The standard InChI is InChI=1S/C11H12N2O2/c1-9(14)12-13-11(15)8-7-10-5-3-2-4-6-10/h2-8H,1H3,(H,12,14)(H,13,15). The van der Waals surface area contributed by atoms with Gasteiger partial charge in [-0.05, 0) is 11.6 Å². The molecule has 1 rings (SSSR count). The van der Waals surface area contributed by atoms with Crippen molar-refractivity contribution in [2.45, 2.75) is 6.92 Å². The SMILES string of the molecule is CC(=O)NNC(=O)C=Cc1ccccc1. The Hall–Kier alpha value is -2.10. The summed E-state index contributed by atoms with van der Waals surface area (Å²) >= 11 is 0. The highest BCUT2D eigenvalue weighted by Crippen LogP contribution is 1.99. The molecule has 0 aliphatic heterocycles. The maximum Gasteiger partial charge on any atom is 0.262 e. The number of benzene rings is 1.